The first kappa shape index (κ1) is 19.2. The first-order valence-corrected chi connectivity index (χ1v) is 10.1. The number of likely N-dealkylation sites (tertiary alicyclic amines) is 1. The molecule has 2 aliphatic heterocycles. The van der Waals surface area contributed by atoms with Crippen molar-refractivity contribution in [1.82, 2.24) is 14.8 Å². The molecular weight excluding hydrogens is 324 g/mol. The third kappa shape index (κ3) is 5.44. The second-order valence-corrected chi connectivity index (χ2v) is 9.06. The Balaban J connectivity index is 1.45. The zero-order valence-electron chi connectivity index (χ0n) is 16.7. The maximum absolute atomic E-state index is 12.6. The van der Waals surface area contributed by atoms with Crippen LogP contribution in [0.4, 0.5) is 5.82 Å². The van der Waals surface area contributed by atoms with Gasteiger partial charge in [0.1, 0.15) is 5.82 Å². The summed E-state index contributed by atoms with van der Waals surface area (Å²) < 4.78 is 0. The van der Waals surface area contributed by atoms with E-state index in [9.17, 15) is 4.79 Å². The van der Waals surface area contributed by atoms with Crippen molar-refractivity contribution in [3.8, 4) is 0 Å². The SMILES string of the molecule is CC(C)(C)CC(=O)N1CCC[C@H](CN2CCN(c3ccccn3)CC2)C1. The molecule has 1 aromatic rings. The van der Waals surface area contributed by atoms with Crippen molar-refractivity contribution in [2.45, 2.75) is 40.0 Å². The molecule has 26 heavy (non-hydrogen) atoms. The van der Waals surface area contributed by atoms with E-state index < -0.39 is 0 Å². The highest BCUT2D eigenvalue weighted by Crippen LogP contribution is 2.24. The Kier molecular flexibility index (Phi) is 6.17. The highest BCUT2D eigenvalue weighted by molar-refractivity contribution is 5.76. The molecule has 0 saturated carbocycles. The van der Waals surface area contributed by atoms with Gasteiger partial charge in [-0.05, 0) is 36.3 Å². The van der Waals surface area contributed by atoms with E-state index in [1.54, 1.807) is 0 Å². The summed E-state index contributed by atoms with van der Waals surface area (Å²) in [6.07, 6.45) is 4.92. The molecule has 0 bridgehead atoms. The molecule has 0 aliphatic carbocycles. The third-order valence-electron chi connectivity index (χ3n) is 5.42. The van der Waals surface area contributed by atoms with Crippen LogP contribution in [0.15, 0.2) is 24.4 Å². The van der Waals surface area contributed by atoms with Crippen LogP contribution in [-0.2, 0) is 4.79 Å². The van der Waals surface area contributed by atoms with E-state index in [1.807, 2.05) is 12.3 Å². The molecule has 3 heterocycles. The molecule has 1 atom stereocenters. The smallest absolute Gasteiger partial charge is 0.223 e. The minimum atomic E-state index is 0.0752. The van der Waals surface area contributed by atoms with Gasteiger partial charge < -0.3 is 9.80 Å². The molecule has 0 aromatic carbocycles. The number of anilines is 1. The number of amides is 1. The topological polar surface area (TPSA) is 39.7 Å². The highest BCUT2D eigenvalue weighted by atomic mass is 16.2. The van der Waals surface area contributed by atoms with E-state index in [0.717, 1.165) is 58.1 Å². The van der Waals surface area contributed by atoms with E-state index in [4.69, 9.17) is 0 Å². The van der Waals surface area contributed by atoms with Crippen molar-refractivity contribution in [3.05, 3.63) is 24.4 Å². The average Bonchev–Trinajstić information content (AvgIpc) is 2.62. The predicted molar refractivity (Wildman–Crippen MR) is 106 cm³/mol. The van der Waals surface area contributed by atoms with Gasteiger partial charge in [0.15, 0.2) is 0 Å². The van der Waals surface area contributed by atoms with Gasteiger partial charge in [-0.25, -0.2) is 4.98 Å². The summed E-state index contributed by atoms with van der Waals surface area (Å²) in [6, 6.07) is 6.12. The maximum Gasteiger partial charge on any atom is 0.223 e. The minimum Gasteiger partial charge on any atom is -0.354 e. The normalized spacial score (nSPS) is 22.5. The van der Waals surface area contributed by atoms with Crippen LogP contribution >= 0.6 is 0 Å². The van der Waals surface area contributed by atoms with Crippen LogP contribution in [0.5, 0.6) is 0 Å². The summed E-state index contributed by atoms with van der Waals surface area (Å²) in [6.45, 7) is 13.7. The van der Waals surface area contributed by atoms with Gasteiger partial charge in [-0.15, -0.1) is 0 Å². The molecule has 0 N–H and O–H groups in total. The van der Waals surface area contributed by atoms with Crippen molar-refractivity contribution < 1.29 is 4.79 Å². The van der Waals surface area contributed by atoms with Gasteiger partial charge in [0.2, 0.25) is 5.91 Å². The van der Waals surface area contributed by atoms with Crippen molar-refractivity contribution in [2.75, 3.05) is 50.7 Å². The molecule has 144 valence electrons. The molecule has 0 radical (unpaired) electrons. The van der Waals surface area contributed by atoms with Crippen LogP contribution in [-0.4, -0.2) is 66.5 Å². The monoisotopic (exact) mass is 358 g/mol. The summed E-state index contributed by atoms with van der Waals surface area (Å²) >= 11 is 0. The number of hydrogen-bond acceptors (Lipinski definition) is 4. The van der Waals surface area contributed by atoms with Crippen LogP contribution in [0.25, 0.3) is 0 Å². The van der Waals surface area contributed by atoms with Gasteiger partial charge in [0, 0.05) is 58.4 Å². The van der Waals surface area contributed by atoms with Gasteiger partial charge in [0.25, 0.3) is 0 Å². The van der Waals surface area contributed by atoms with Crippen molar-refractivity contribution in [1.29, 1.82) is 0 Å². The van der Waals surface area contributed by atoms with Crippen molar-refractivity contribution in [3.63, 3.8) is 0 Å². The minimum absolute atomic E-state index is 0.0752. The number of carbonyl (C=O) groups is 1. The van der Waals surface area contributed by atoms with Gasteiger partial charge >= 0.3 is 0 Å². The molecule has 3 rings (SSSR count). The number of hydrogen-bond donors (Lipinski definition) is 0. The molecule has 2 fully saturated rings. The lowest BCUT2D eigenvalue weighted by atomic mass is 9.90. The Morgan fingerprint density at radius 3 is 2.58 bits per heavy atom. The molecule has 1 amide bonds. The van der Waals surface area contributed by atoms with Crippen LogP contribution in [0, 0.1) is 11.3 Å². The molecule has 0 unspecified atom stereocenters. The Labute approximate surface area is 158 Å². The lowest BCUT2D eigenvalue weighted by Crippen LogP contribution is -2.50. The summed E-state index contributed by atoms with van der Waals surface area (Å²) in [5.74, 6) is 2.04. The molecule has 0 spiro atoms. The fourth-order valence-electron chi connectivity index (χ4n) is 4.07. The predicted octanol–water partition coefficient (Wildman–Crippen LogP) is 2.88. The van der Waals surface area contributed by atoms with Crippen LogP contribution in [0.3, 0.4) is 0 Å². The standard InChI is InChI=1S/C21H34N4O/c1-21(2,3)15-20(26)25-10-6-7-18(17-25)16-23-11-13-24(14-12-23)19-8-4-5-9-22-19/h4-5,8-9,18H,6-7,10-17H2,1-3H3/t18-/m1/s1. The lowest BCUT2D eigenvalue weighted by molar-refractivity contribution is -0.135. The molecule has 2 saturated heterocycles. The van der Waals surface area contributed by atoms with Crippen LogP contribution in [0.2, 0.25) is 0 Å². The number of piperidine rings is 1. The second kappa shape index (κ2) is 8.38. The van der Waals surface area contributed by atoms with E-state index in [2.05, 4.69) is 52.6 Å². The number of nitrogens with zero attached hydrogens (tertiary/aromatic N) is 4. The van der Waals surface area contributed by atoms with E-state index in [1.165, 1.54) is 6.42 Å². The summed E-state index contributed by atoms with van der Waals surface area (Å²) in [5.41, 5.74) is 0.0752. The average molecular weight is 359 g/mol. The van der Waals surface area contributed by atoms with Crippen molar-refractivity contribution >= 4 is 11.7 Å². The Morgan fingerprint density at radius 1 is 1.15 bits per heavy atom. The van der Waals surface area contributed by atoms with Crippen molar-refractivity contribution in [2.24, 2.45) is 11.3 Å². The first-order valence-electron chi connectivity index (χ1n) is 10.1. The molecular formula is C21H34N4O. The Morgan fingerprint density at radius 2 is 1.92 bits per heavy atom. The van der Waals surface area contributed by atoms with E-state index in [0.29, 0.717) is 18.2 Å². The Hall–Kier alpha value is -1.62. The zero-order chi connectivity index (χ0) is 18.6. The molecule has 1 aromatic heterocycles. The fraction of sp³-hybridized carbons (Fsp3) is 0.714. The molecule has 2 aliphatic rings. The summed E-state index contributed by atoms with van der Waals surface area (Å²) in [5, 5.41) is 0. The number of piperazine rings is 1. The Bertz CT molecular complexity index is 575. The third-order valence-corrected chi connectivity index (χ3v) is 5.42. The zero-order valence-corrected chi connectivity index (χ0v) is 16.7. The number of carbonyl (C=O) groups excluding carboxylic acids is 1. The maximum atomic E-state index is 12.6. The van der Waals surface area contributed by atoms with Crippen LogP contribution < -0.4 is 4.90 Å². The largest absolute Gasteiger partial charge is 0.354 e. The molecule has 5 heteroatoms. The first-order chi connectivity index (χ1) is 12.4. The number of rotatable bonds is 4. The summed E-state index contributed by atoms with van der Waals surface area (Å²) in [4.78, 5) is 24.1. The van der Waals surface area contributed by atoms with Gasteiger partial charge in [0.05, 0.1) is 0 Å². The molecule has 5 nitrogen and oxygen atoms in total. The quantitative estimate of drug-likeness (QED) is 0.830. The van der Waals surface area contributed by atoms with Gasteiger partial charge in [-0.1, -0.05) is 26.8 Å². The van der Waals surface area contributed by atoms with Gasteiger partial charge in [-0.2, -0.15) is 0 Å². The number of pyridine rings is 1. The fourth-order valence-corrected chi connectivity index (χ4v) is 4.07. The van der Waals surface area contributed by atoms with E-state index >= 15 is 0 Å². The summed E-state index contributed by atoms with van der Waals surface area (Å²) in [7, 11) is 0. The van der Waals surface area contributed by atoms with E-state index in [-0.39, 0.29) is 5.41 Å². The highest BCUT2D eigenvalue weighted by Gasteiger charge is 2.28. The van der Waals surface area contributed by atoms with Crippen LogP contribution in [0.1, 0.15) is 40.0 Å². The van der Waals surface area contributed by atoms with Gasteiger partial charge in [-0.3, -0.25) is 9.69 Å². The second-order valence-electron chi connectivity index (χ2n) is 9.06. The number of aromatic nitrogens is 1. The lowest BCUT2D eigenvalue weighted by Gasteiger charge is -2.40.